The van der Waals surface area contributed by atoms with E-state index in [0.29, 0.717) is 29.8 Å². The Morgan fingerprint density at radius 1 is 1.20 bits per heavy atom. The molecule has 0 fully saturated rings. The van der Waals surface area contributed by atoms with Gasteiger partial charge in [-0.25, -0.2) is 4.79 Å². The Kier molecular flexibility index (Phi) is 5.89. The SMILES string of the molecule is O=c1oc2ccc([N+](=O)[O-])cc2n1CCCSc1nncn1CCc1ccccn1. The van der Waals surface area contributed by atoms with Gasteiger partial charge in [-0.3, -0.25) is 19.7 Å². The molecule has 30 heavy (non-hydrogen) atoms. The summed E-state index contributed by atoms with van der Waals surface area (Å²) < 4.78 is 8.58. The summed E-state index contributed by atoms with van der Waals surface area (Å²) in [6.45, 7) is 1.11. The topological polar surface area (TPSA) is 122 Å². The van der Waals surface area contributed by atoms with Crippen LogP contribution in [-0.2, 0) is 19.5 Å². The zero-order chi connectivity index (χ0) is 20.9. The van der Waals surface area contributed by atoms with Crippen molar-refractivity contribution in [2.75, 3.05) is 5.75 Å². The van der Waals surface area contributed by atoms with Gasteiger partial charge in [0, 0.05) is 49.3 Å². The normalized spacial score (nSPS) is 11.2. The van der Waals surface area contributed by atoms with E-state index in [-0.39, 0.29) is 5.69 Å². The number of aromatic nitrogens is 5. The first-order valence-corrected chi connectivity index (χ1v) is 10.3. The molecule has 0 unspecified atom stereocenters. The van der Waals surface area contributed by atoms with Crippen LogP contribution in [0.2, 0.25) is 0 Å². The molecule has 0 radical (unpaired) electrons. The van der Waals surface area contributed by atoms with Crippen LogP contribution in [0.25, 0.3) is 11.1 Å². The summed E-state index contributed by atoms with van der Waals surface area (Å²) >= 11 is 1.54. The molecule has 0 saturated heterocycles. The Morgan fingerprint density at radius 3 is 2.90 bits per heavy atom. The fraction of sp³-hybridized carbons (Fsp3) is 0.263. The number of benzene rings is 1. The van der Waals surface area contributed by atoms with Crippen molar-refractivity contribution in [3.8, 4) is 0 Å². The lowest BCUT2D eigenvalue weighted by molar-refractivity contribution is -0.384. The number of hydrogen-bond acceptors (Lipinski definition) is 8. The number of pyridine rings is 1. The molecule has 4 rings (SSSR count). The number of nitrogens with zero attached hydrogens (tertiary/aromatic N) is 6. The first kappa shape index (κ1) is 19.8. The van der Waals surface area contributed by atoms with Gasteiger partial charge in [-0.15, -0.1) is 10.2 Å². The van der Waals surface area contributed by atoms with Gasteiger partial charge < -0.3 is 8.98 Å². The van der Waals surface area contributed by atoms with E-state index in [1.54, 1.807) is 24.3 Å². The second kappa shape index (κ2) is 8.91. The van der Waals surface area contributed by atoms with Crippen molar-refractivity contribution in [1.29, 1.82) is 0 Å². The predicted octanol–water partition coefficient (Wildman–Crippen LogP) is 2.91. The van der Waals surface area contributed by atoms with E-state index in [2.05, 4.69) is 15.2 Å². The number of non-ortho nitro benzene ring substituents is 1. The van der Waals surface area contributed by atoms with Crippen molar-refractivity contribution >= 4 is 28.5 Å². The Morgan fingerprint density at radius 2 is 2.10 bits per heavy atom. The second-order valence-electron chi connectivity index (χ2n) is 6.51. The highest BCUT2D eigenvalue weighted by Crippen LogP contribution is 2.21. The first-order chi connectivity index (χ1) is 14.6. The summed E-state index contributed by atoms with van der Waals surface area (Å²) in [4.78, 5) is 26.9. The maximum Gasteiger partial charge on any atom is 0.419 e. The minimum Gasteiger partial charge on any atom is -0.408 e. The Hall–Kier alpha value is -3.47. The molecule has 0 N–H and O–H groups in total. The van der Waals surface area contributed by atoms with Crippen molar-refractivity contribution in [3.05, 3.63) is 75.3 Å². The van der Waals surface area contributed by atoms with Crippen LogP contribution in [0.4, 0.5) is 5.69 Å². The van der Waals surface area contributed by atoms with E-state index in [0.717, 1.165) is 23.8 Å². The highest BCUT2D eigenvalue weighted by molar-refractivity contribution is 7.99. The smallest absolute Gasteiger partial charge is 0.408 e. The number of hydrogen-bond donors (Lipinski definition) is 0. The average molecular weight is 426 g/mol. The van der Waals surface area contributed by atoms with Crippen molar-refractivity contribution in [3.63, 3.8) is 0 Å². The maximum absolute atomic E-state index is 12.1. The standard InChI is InChI=1S/C19H18N6O4S/c26-19-24(16-12-15(25(27)28)5-6-17(16)29-19)9-3-11-30-18-22-21-13-23(18)10-7-14-4-1-2-8-20-14/h1-2,4-6,8,12-13H,3,7,9-11H2. The lowest BCUT2D eigenvalue weighted by Gasteiger charge is -2.06. The van der Waals surface area contributed by atoms with E-state index in [1.807, 2.05) is 22.8 Å². The number of oxazole rings is 1. The largest absolute Gasteiger partial charge is 0.419 e. The summed E-state index contributed by atoms with van der Waals surface area (Å²) in [5.74, 6) is 0.185. The van der Waals surface area contributed by atoms with E-state index >= 15 is 0 Å². The van der Waals surface area contributed by atoms with E-state index in [1.165, 1.54) is 22.8 Å². The highest BCUT2D eigenvalue weighted by Gasteiger charge is 2.14. The molecule has 10 nitrogen and oxygen atoms in total. The van der Waals surface area contributed by atoms with Gasteiger partial charge in [-0.05, 0) is 24.6 Å². The van der Waals surface area contributed by atoms with Gasteiger partial charge in [0.05, 0.1) is 10.4 Å². The van der Waals surface area contributed by atoms with Crippen molar-refractivity contribution < 1.29 is 9.34 Å². The zero-order valence-corrected chi connectivity index (χ0v) is 16.7. The molecule has 0 aliphatic carbocycles. The monoisotopic (exact) mass is 426 g/mol. The molecular weight excluding hydrogens is 408 g/mol. The summed E-state index contributed by atoms with van der Waals surface area (Å²) in [5, 5.41) is 19.9. The van der Waals surface area contributed by atoms with Gasteiger partial charge >= 0.3 is 5.76 Å². The molecule has 154 valence electrons. The number of nitro benzene ring substituents is 1. The third-order valence-corrected chi connectivity index (χ3v) is 5.60. The molecule has 0 aliphatic heterocycles. The minimum atomic E-state index is -0.519. The van der Waals surface area contributed by atoms with Crippen LogP contribution >= 0.6 is 11.8 Å². The Bertz CT molecular complexity index is 1220. The van der Waals surface area contributed by atoms with Crippen LogP contribution in [0, 0.1) is 10.1 Å². The lowest BCUT2D eigenvalue weighted by atomic mass is 10.3. The molecule has 0 saturated carbocycles. The van der Waals surface area contributed by atoms with Crippen molar-refractivity contribution in [2.24, 2.45) is 0 Å². The van der Waals surface area contributed by atoms with Crippen LogP contribution in [0.3, 0.4) is 0 Å². The van der Waals surface area contributed by atoms with Gasteiger partial charge in [-0.1, -0.05) is 17.8 Å². The molecule has 4 aromatic rings. The highest BCUT2D eigenvalue weighted by atomic mass is 32.2. The molecule has 3 heterocycles. The molecular formula is C19H18N6O4S. The average Bonchev–Trinajstić information content (AvgIpc) is 3.33. The fourth-order valence-corrected chi connectivity index (χ4v) is 3.92. The number of rotatable bonds is 9. The van der Waals surface area contributed by atoms with Crippen LogP contribution in [0.1, 0.15) is 12.1 Å². The van der Waals surface area contributed by atoms with Gasteiger partial charge in [0.2, 0.25) is 0 Å². The van der Waals surface area contributed by atoms with Crippen molar-refractivity contribution in [2.45, 2.75) is 31.1 Å². The number of aryl methyl sites for hydroxylation is 3. The minimum absolute atomic E-state index is 0.0765. The number of nitro groups is 1. The van der Waals surface area contributed by atoms with E-state index in [4.69, 9.17) is 4.42 Å². The summed E-state index contributed by atoms with van der Waals surface area (Å²) in [7, 11) is 0. The second-order valence-corrected chi connectivity index (χ2v) is 7.57. The molecule has 0 atom stereocenters. The van der Waals surface area contributed by atoms with Gasteiger partial charge in [0.25, 0.3) is 5.69 Å². The predicted molar refractivity (Wildman–Crippen MR) is 110 cm³/mol. The third-order valence-electron chi connectivity index (χ3n) is 4.53. The molecule has 0 bridgehead atoms. The van der Waals surface area contributed by atoms with Crippen LogP contribution in [0.15, 0.2) is 63.3 Å². The summed E-state index contributed by atoms with van der Waals surface area (Å²) in [5.41, 5.74) is 1.69. The van der Waals surface area contributed by atoms with Gasteiger partial charge in [0.15, 0.2) is 10.7 Å². The van der Waals surface area contributed by atoms with Crippen molar-refractivity contribution in [1.82, 2.24) is 24.3 Å². The molecule has 1 aromatic carbocycles. The fourth-order valence-electron chi connectivity index (χ4n) is 3.05. The van der Waals surface area contributed by atoms with Crippen LogP contribution < -0.4 is 5.76 Å². The van der Waals surface area contributed by atoms with Gasteiger partial charge in [-0.2, -0.15) is 0 Å². The Labute approximate surface area is 174 Å². The molecule has 0 spiro atoms. The quantitative estimate of drug-likeness (QED) is 0.173. The maximum atomic E-state index is 12.1. The van der Waals surface area contributed by atoms with Gasteiger partial charge in [0.1, 0.15) is 6.33 Å². The first-order valence-electron chi connectivity index (χ1n) is 9.30. The molecule has 11 heteroatoms. The van der Waals surface area contributed by atoms with E-state index in [9.17, 15) is 14.9 Å². The molecule has 0 aliphatic rings. The number of thioether (sulfide) groups is 1. The van der Waals surface area contributed by atoms with E-state index < -0.39 is 10.7 Å². The molecule has 3 aromatic heterocycles. The summed E-state index contributed by atoms with van der Waals surface area (Å²) in [6.07, 6.45) is 4.91. The Balaban J connectivity index is 1.35. The number of fused-ring (bicyclic) bond motifs is 1. The van der Waals surface area contributed by atoms with Crippen LogP contribution in [-0.4, -0.2) is 35.0 Å². The van der Waals surface area contributed by atoms with Crippen LogP contribution in [0.5, 0.6) is 0 Å². The lowest BCUT2D eigenvalue weighted by Crippen LogP contribution is -2.14. The zero-order valence-electron chi connectivity index (χ0n) is 15.9. The molecule has 0 amide bonds. The third kappa shape index (κ3) is 4.40. The summed E-state index contributed by atoms with van der Waals surface area (Å²) in [6, 6.07) is 9.96.